The number of carbonyl (C=O) groups excluding carboxylic acids is 1. The van der Waals surface area contributed by atoms with Crippen molar-refractivity contribution in [3.63, 3.8) is 0 Å². The molecule has 0 bridgehead atoms. The molecular formula is C27H28N4O3S. The standard InChI is InChI=1S/C27H28N4O3S/c1-27(2,3)31-20-23(18-28-31)29-26(32)22-13-10-16-25(17-22)35(33,34)30(24-14-8-5-9-15-24)19-21-11-6-4-7-12-21/h4-18,20H,19H2,1-3H3,(H,29,32). The van der Waals surface area contributed by atoms with Gasteiger partial charge in [-0.05, 0) is 56.7 Å². The van der Waals surface area contributed by atoms with Gasteiger partial charge in [0, 0.05) is 11.8 Å². The number of sulfonamides is 1. The summed E-state index contributed by atoms with van der Waals surface area (Å²) in [5, 5.41) is 7.09. The Balaban J connectivity index is 1.64. The van der Waals surface area contributed by atoms with Gasteiger partial charge in [-0.25, -0.2) is 8.42 Å². The average molecular weight is 489 g/mol. The fraction of sp³-hybridized carbons (Fsp3) is 0.185. The van der Waals surface area contributed by atoms with Crippen molar-refractivity contribution in [1.82, 2.24) is 9.78 Å². The number of hydrogen-bond acceptors (Lipinski definition) is 4. The van der Waals surface area contributed by atoms with Crippen LogP contribution in [0.15, 0.2) is 102 Å². The third kappa shape index (κ3) is 5.60. The molecule has 7 nitrogen and oxygen atoms in total. The maximum atomic E-state index is 13.8. The van der Waals surface area contributed by atoms with Crippen molar-refractivity contribution >= 4 is 27.3 Å². The molecule has 0 aliphatic carbocycles. The van der Waals surface area contributed by atoms with Gasteiger partial charge in [-0.1, -0.05) is 54.6 Å². The predicted molar refractivity (Wildman–Crippen MR) is 138 cm³/mol. The Hall–Kier alpha value is -3.91. The molecule has 8 heteroatoms. The Labute approximate surface area is 206 Å². The summed E-state index contributed by atoms with van der Waals surface area (Å²) in [6.07, 6.45) is 3.32. The van der Waals surface area contributed by atoms with Crippen molar-refractivity contribution in [2.75, 3.05) is 9.62 Å². The van der Waals surface area contributed by atoms with Gasteiger partial charge >= 0.3 is 0 Å². The molecule has 35 heavy (non-hydrogen) atoms. The maximum Gasteiger partial charge on any atom is 0.264 e. The number of benzene rings is 3. The summed E-state index contributed by atoms with van der Waals surface area (Å²) >= 11 is 0. The number of rotatable bonds is 7. The first-order valence-electron chi connectivity index (χ1n) is 11.2. The lowest BCUT2D eigenvalue weighted by atomic mass is 10.1. The van der Waals surface area contributed by atoms with Crippen molar-refractivity contribution in [2.24, 2.45) is 0 Å². The molecule has 4 rings (SSSR count). The van der Waals surface area contributed by atoms with Crippen LogP contribution in [0.5, 0.6) is 0 Å². The number of hydrogen-bond donors (Lipinski definition) is 1. The Kier molecular flexibility index (Phi) is 6.75. The fourth-order valence-corrected chi connectivity index (χ4v) is 5.04. The lowest BCUT2D eigenvalue weighted by Crippen LogP contribution is -2.30. The van der Waals surface area contributed by atoms with Crippen LogP contribution in [-0.2, 0) is 22.1 Å². The summed E-state index contributed by atoms with van der Waals surface area (Å²) in [6.45, 7) is 6.19. The molecule has 0 atom stereocenters. The van der Waals surface area contributed by atoms with Gasteiger partial charge in [-0.3, -0.25) is 13.8 Å². The maximum absolute atomic E-state index is 13.8. The SMILES string of the molecule is CC(C)(C)n1cc(NC(=O)c2cccc(S(=O)(=O)N(Cc3ccccc3)c3ccccc3)c2)cn1. The lowest BCUT2D eigenvalue weighted by molar-refractivity contribution is 0.102. The number of carbonyl (C=O) groups is 1. The summed E-state index contributed by atoms with van der Waals surface area (Å²) in [6, 6.07) is 24.4. The van der Waals surface area contributed by atoms with Gasteiger partial charge in [0.05, 0.1) is 34.6 Å². The highest BCUT2D eigenvalue weighted by Gasteiger charge is 2.26. The van der Waals surface area contributed by atoms with Crippen LogP contribution in [-0.4, -0.2) is 24.1 Å². The Morgan fingerprint density at radius 3 is 2.23 bits per heavy atom. The number of anilines is 2. The number of aromatic nitrogens is 2. The molecule has 0 unspecified atom stereocenters. The van der Waals surface area contributed by atoms with E-state index in [9.17, 15) is 13.2 Å². The normalized spacial score (nSPS) is 11.7. The van der Waals surface area contributed by atoms with E-state index in [0.717, 1.165) is 5.56 Å². The first-order chi connectivity index (χ1) is 16.6. The van der Waals surface area contributed by atoms with E-state index in [4.69, 9.17) is 0 Å². The van der Waals surface area contributed by atoms with E-state index in [1.165, 1.54) is 16.4 Å². The highest BCUT2D eigenvalue weighted by atomic mass is 32.2. The van der Waals surface area contributed by atoms with Gasteiger partial charge in [0.25, 0.3) is 15.9 Å². The molecule has 1 N–H and O–H groups in total. The van der Waals surface area contributed by atoms with E-state index in [2.05, 4.69) is 10.4 Å². The van der Waals surface area contributed by atoms with Gasteiger partial charge in [0.1, 0.15) is 0 Å². The molecule has 180 valence electrons. The van der Waals surface area contributed by atoms with Crippen LogP contribution in [0.25, 0.3) is 0 Å². The average Bonchev–Trinajstić information content (AvgIpc) is 3.33. The molecule has 0 saturated carbocycles. The minimum atomic E-state index is -3.96. The summed E-state index contributed by atoms with van der Waals surface area (Å²) in [7, 11) is -3.96. The van der Waals surface area contributed by atoms with E-state index >= 15 is 0 Å². The lowest BCUT2D eigenvalue weighted by Gasteiger charge is -2.25. The minimum absolute atomic E-state index is 0.0373. The molecule has 3 aromatic carbocycles. The number of para-hydroxylation sites is 1. The van der Waals surface area contributed by atoms with Crippen LogP contribution in [0.1, 0.15) is 36.7 Å². The summed E-state index contributed by atoms with van der Waals surface area (Å²) in [5.41, 5.74) is 1.94. The highest BCUT2D eigenvalue weighted by Crippen LogP contribution is 2.26. The quantitative estimate of drug-likeness (QED) is 0.383. The van der Waals surface area contributed by atoms with Gasteiger partial charge < -0.3 is 5.32 Å². The molecule has 1 heterocycles. The number of amides is 1. The zero-order valence-corrected chi connectivity index (χ0v) is 20.7. The van der Waals surface area contributed by atoms with E-state index in [1.54, 1.807) is 53.5 Å². The van der Waals surface area contributed by atoms with Crippen molar-refractivity contribution in [3.05, 3.63) is 108 Å². The van der Waals surface area contributed by atoms with Gasteiger partial charge in [-0.15, -0.1) is 0 Å². The highest BCUT2D eigenvalue weighted by molar-refractivity contribution is 7.92. The van der Waals surface area contributed by atoms with Crippen LogP contribution in [0.3, 0.4) is 0 Å². The van der Waals surface area contributed by atoms with Crippen molar-refractivity contribution in [1.29, 1.82) is 0 Å². The van der Waals surface area contributed by atoms with E-state index in [-0.39, 0.29) is 22.5 Å². The van der Waals surface area contributed by atoms with Crippen molar-refractivity contribution in [3.8, 4) is 0 Å². The molecule has 4 aromatic rings. The van der Waals surface area contributed by atoms with Crippen LogP contribution in [0, 0.1) is 0 Å². The minimum Gasteiger partial charge on any atom is -0.319 e. The zero-order chi connectivity index (χ0) is 25.1. The Morgan fingerprint density at radius 2 is 1.60 bits per heavy atom. The summed E-state index contributed by atoms with van der Waals surface area (Å²) in [5.74, 6) is -0.412. The summed E-state index contributed by atoms with van der Waals surface area (Å²) in [4.78, 5) is 13.0. The monoisotopic (exact) mass is 488 g/mol. The number of nitrogens with one attached hydrogen (secondary N) is 1. The molecule has 0 aliphatic rings. The topological polar surface area (TPSA) is 84.3 Å². The molecule has 1 amide bonds. The van der Waals surface area contributed by atoms with Crippen LogP contribution < -0.4 is 9.62 Å². The molecule has 1 aromatic heterocycles. The van der Waals surface area contributed by atoms with Gasteiger partial charge in [0.15, 0.2) is 0 Å². The molecular weight excluding hydrogens is 460 g/mol. The zero-order valence-electron chi connectivity index (χ0n) is 19.9. The first-order valence-corrected chi connectivity index (χ1v) is 12.7. The van der Waals surface area contributed by atoms with E-state index in [1.807, 2.05) is 57.2 Å². The fourth-order valence-electron chi connectivity index (χ4n) is 3.54. The van der Waals surface area contributed by atoms with E-state index in [0.29, 0.717) is 11.4 Å². The van der Waals surface area contributed by atoms with Gasteiger partial charge in [0.2, 0.25) is 0 Å². The van der Waals surface area contributed by atoms with Crippen LogP contribution in [0.2, 0.25) is 0 Å². The third-order valence-electron chi connectivity index (χ3n) is 5.43. The Morgan fingerprint density at radius 1 is 0.943 bits per heavy atom. The molecule has 0 radical (unpaired) electrons. The smallest absolute Gasteiger partial charge is 0.264 e. The molecule has 0 aliphatic heterocycles. The third-order valence-corrected chi connectivity index (χ3v) is 7.20. The summed E-state index contributed by atoms with van der Waals surface area (Å²) < 4.78 is 30.6. The van der Waals surface area contributed by atoms with Crippen molar-refractivity contribution in [2.45, 2.75) is 37.8 Å². The van der Waals surface area contributed by atoms with Gasteiger partial charge in [-0.2, -0.15) is 5.10 Å². The van der Waals surface area contributed by atoms with E-state index < -0.39 is 15.9 Å². The second-order valence-electron chi connectivity index (χ2n) is 9.16. The molecule has 0 spiro atoms. The molecule has 0 saturated heterocycles. The predicted octanol–water partition coefficient (Wildman–Crippen LogP) is 5.29. The van der Waals surface area contributed by atoms with Crippen molar-refractivity contribution < 1.29 is 13.2 Å². The second-order valence-corrected chi connectivity index (χ2v) is 11.0. The molecule has 0 fully saturated rings. The largest absolute Gasteiger partial charge is 0.319 e. The van der Waals surface area contributed by atoms with Crippen LogP contribution in [0.4, 0.5) is 11.4 Å². The first kappa shape index (κ1) is 24.2. The number of nitrogens with zero attached hydrogens (tertiary/aromatic N) is 3. The second kappa shape index (κ2) is 9.76. The van der Waals surface area contributed by atoms with Crippen LogP contribution >= 0.6 is 0 Å². The Bertz CT molecular complexity index is 1410.